The lowest BCUT2D eigenvalue weighted by atomic mass is 9.85. The molecule has 1 saturated carbocycles. The van der Waals surface area contributed by atoms with Gasteiger partial charge in [-0.1, -0.05) is 50.1 Å². The Labute approximate surface area is 133 Å². The summed E-state index contributed by atoms with van der Waals surface area (Å²) in [5.74, 6) is 1.23. The van der Waals surface area contributed by atoms with Gasteiger partial charge in [0.1, 0.15) is 0 Å². The topological polar surface area (TPSA) is 41.1 Å². The molecule has 0 radical (unpaired) electrons. The Morgan fingerprint density at radius 2 is 1.91 bits per heavy atom. The van der Waals surface area contributed by atoms with Crippen molar-refractivity contribution in [3.05, 3.63) is 35.9 Å². The minimum Gasteiger partial charge on any atom is -0.352 e. The molecule has 5 unspecified atom stereocenters. The molecule has 120 valence electrons. The zero-order chi connectivity index (χ0) is 15.5. The van der Waals surface area contributed by atoms with Crippen molar-refractivity contribution in [3.8, 4) is 0 Å². The number of amides is 1. The molecule has 0 spiro atoms. The number of hydrogen-bond donors (Lipinski definition) is 2. The molecule has 5 atom stereocenters. The van der Waals surface area contributed by atoms with Crippen molar-refractivity contribution in [1.29, 1.82) is 0 Å². The van der Waals surface area contributed by atoms with Crippen LogP contribution in [0.4, 0.5) is 0 Å². The van der Waals surface area contributed by atoms with Gasteiger partial charge >= 0.3 is 0 Å². The monoisotopic (exact) mass is 300 g/mol. The Bertz CT molecular complexity index is 487. The van der Waals surface area contributed by atoms with E-state index in [2.05, 4.69) is 48.7 Å². The number of hydrogen-bond acceptors (Lipinski definition) is 2. The maximum Gasteiger partial charge on any atom is 0.237 e. The number of rotatable bonds is 4. The van der Waals surface area contributed by atoms with Gasteiger partial charge in [0.05, 0.1) is 6.04 Å². The molecule has 2 fully saturated rings. The highest BCUT2D eigenvalue weighted by Crippen LogP contribution is 2.33. The van der Waals surface area contributed by atoms with Crippen molar-refractivity contribution in [2.24, 2.45) is 5.92 Å². The predicted octanol–water partition coefficient (Wildman–Crippen LogP) is 3.22. The fourth-order valence-corrected chi connectivity index (χ4v) is 4.02. The first kappa shape index (κ1) is 15.5. The molecule has 1 saturated heterocycles. The first-order valence-corrected chi connectivity index (χ1v) is 8.76. The fraction of sp³-hybridized carbons (Fsp3) is 0.632. The molecule has 1 heterocycles. The molecule has 1 amide bonds. The highest BCUT2D eigenvalue weighted by Gasteiger charge is 2.38. The van der Waals surface area contributed by atoms with Gasteiger partial charge in [0.2, 0.25) is 5.91 Å². The van der Waals surface area contributed by atoms with Crippen LogP contribution in [0.5, 0.6) is 0 Å². The SMILES string of the molecule is CC(NC(=O)C1CC2CCCCC2N1)C(C)c1ccccc1. The van der Waals surface area contributed by atoms with E-state index in [1.54, 1.807) is 0 Å². The summed E-state index contributed by atoms with van der Waals surface area (Å²) < 4.78 is 0. The molecule has 2 N–H and O–H groups in total. The molecule has 1 aliphatic heterocycles. The third-order valence-electron chi connectivity index (χ3n) is 5.62. The quantitative estimate of drug-likeness (QED) is 0.896. The van der Waals surface area contributed by atoms with Crippen LogP contribution in [0.1, 0.15) is 57.4 Å². The molecular formula is C19H28N2O. The van der Waals surface area contributed by atoms with Gasteiger partial charge in [-0.2, -0.15) is 0 Å². The van der Waals surface area contributed by atoms with Gasteiger partial charge < -0.3 is 10.6 Å². The van der Waals surface area contributed by atoms with Crippen molar-refractivity contribution in [3.63, 3.8) is 0 Å². The van der Waals surface area contributed by atoms with E-state index >= 15 is 0 Å². The second-order valence-electron chi connectivity index (χ2n) is 7.10. The summed E-state index contributed by atoms with van der Waals surface area (Å²) in [6.07, 6.45) is 6.19. The summed E-state index contributed by atoms with van der Waals surface area (Å²) in [5.41, 5.74) is 1.28. The Morgan fingerprint density at radius 3 is 2.64 bits per heavy atom. The molecule has 3 rings (SSSR count). The molecule has 0 aromatic heterocycles. The summed E-state index contributed by atoms with van der Waals surface area (Å²) in [5, 5.41) is 6.79. The summed E-state index contributed by atoms with van der Waals surface area (Å²) in [6.45, 7) is 4.29. The van der Waals surface area contributed by atoms with E-state index in [0.717, 1.165) is 6.42 Å². The summed E-state index contributed by atoms with van der Waals surface area (Å²) in [7, 11) is 0. The molecule has 1 aromatic carbocycles. The Kier molecular flexibility index (Phi) is 4.82. The van der Waals surface area contributed by atoms with Gasteiger partial charge in [0.25, 0.3) is 0 Å². The van der Waals surface area contributed by atoms with Gasteiger partial charge in [0, 0.05) is 18.0 Å². The van der Waals surface area contributed by atoms with Gasteiger partial charge in [0.15, 0.2) is 0 Å². The lowest BCUT2D eigenvalue weighted by molar-refractivity contribution is -0.123. The van der Waals surface area contributed by atoms with Gasteiger partial charge in [-0.25, -0.2) is 0 Å². The van der Waals surface area contributed by atoms with Crippen molar-refractivity contribution in [2.45, 2.75) is 70.0 Å². The molecule has 3 nitrogen and oxygen atoms in total. The molecule has 3 heteroatoms. The van der Waals surface area contributed by atoms with Crippen molar-refractivity contribution < 1.29 is 4.79 Å². The maximum atomic E-state index is 12.6. The van der Waals surface area contributed by atoms with Crippen LogP contribution in [0.15, 0.2) is 30.3 Å². The van der Waals surface area contributed by atoms with Gasteiger partial charge in [-0.15, -0.1) is 0 Å². The number of benzene rings is 1. The first-order chi connectivity index (χ1) is 10.6. The number of carbonyl (C=O) groups excluding carboxylic acids is 1. The largest absolute Gasteiger partial charge is 0.352 e. The van der Waals surface area contributed by atoms with E-state index in [1.165, 1.54) is 31.2 Å². The Balaban J connectivity index is 1.55. The van der Waals surface area contributed by atoms with E-state index in [4.69, 9.17) is 0 Å². The standard InChI is InChI=1S/C19H28N2O/c1-13(15-8-4-3-5-9-15)14(2)20-19(22)18-12-16-10-6-7-11-17(16)21-18/h3-5,8-9,13-14,16-18,21H,6-7,10-12H2,1-2H3,(H,20,22). The Morgan fingerprint density at radius 1 is 1.18 bits per heavy atom. The molecule has 1 aliphatic carbocycles. The molecule has 22 heavy (non-hydrogen) atoms. The van der Waals surface area contributed by atoms with Gasteiger partial charge in [-0.3, -0.25) is 4.79 Å². The average Bonchev–Trinajstić information content (AvgIpc) is 2.99. The zero-order valence-corrected chi connectivity index (χ0v) is 13.7. The van der Waals surface area contributed by atoms with Crippen LogP contribution < -0.4 is 10.6 Å². The Hall–Kier alpha value is -1.35. The normalized spacial score (nSPS) is 30.4. The van der Waals surface area contributed by atoms with Crippen LogP contribution in [0, 0.1) is 5.92 Å². The number of carbonyl (C=O) groups is 1. The molecular weight excluding hydrogens is 272 g/mol. The molecule has 2 aliphatic rings. The second kappa shape index (κ2) is 6.82. The van der Waals surface area contributed by atoms with Crippen LogP contribution in [0.3, 0.4) is 0 Å². The third-order valence-corrected chi connectivity index (χ3v) is 5.62. The summed E-state index contributed by atoms with van der Waals surface area (Å²) in [6, 6.07) is 11.2. The zero-order valence-electron chi connectivity index (χ0n) is 13.7. The van der Waals surface area contributed by atoms with E-state index in [-0.39, 0.29) is 18.0 Å². The highest BCUT2D eigenvalue weighted by molar-refractivity contribution is 5.82. The minimum atomic E-state index is 0.0125. The average molecular weight is 300 g/mol. The van der Waals surface area contributed by atoms with E-state index < -0.39 is 0 Å². The van der Waals surface area contributed by atoms with Crippen molar-refractivity contribution in [2.75, 3.05) is 0 Å². The molecule has 1 aromatic rings. The predicted molar refractivity (Wildman–Crippen MR) is 89.7 cm³/mol. The van der Waals surface area contributed by atoms with Crippen LogP contribution in [-0.4, -0.2) is 24.0 Å². The van der Waals surface area contributed by atoms with Gasteiger partial charge in [-0.05, 0) is 37.7 Å². The lowest BCUT2D eigenvalue weighted by Crippen LogP contribution is -2.47. The van der Waals surface area contributed by atoms with Crippen molar-refractivity contribution >= 4 is 5.91 Å². The fourth-order valence-electron chi connectivity index (χ4n) is 4.02. The smallest absolute Gasteiger partial charge is 0.237 e. The number of fused-ring (bicyclic) bond motifs is 1. The van der Waals surface area contributed by atoms with E-state index in [1.807, 2.05) is 6.07 Å². The second-order valence-corrected chi connectivity index (χ2v) is 7.10. The van der Waals surface area contributed by atoms with Crippen LogP contribution in [0.25, 0.3) is 0 Å². The maximum absolute atomic E-state index is 12.6. The van der Waals surface area contributed by atoms with E-state index in [9.17, 15) is 4.79 Å². The van der Waals surface area contributed by atoms with Crippen molar-refractivity contribution in [1.82, 2.24) is 10.6 Å². The van der Waals surface area contributed by atoms with Crippen LogP contribution in [0.2, 0.25) is 0 Å². The summed E-state index contributed by atoms with van der Waals surface area (Å²) in [4.78, 5) is 12.6. The lowest BCUT2D eigenvalue weighted by Gasteiger charge is -2.24. The van der Waals surface area contributed by atoms with E-state index in [0.29, 0.717) is 17.9 Å². The van der Waals surface area contributed by atoms with Crippen LogP contribution >= 0.6 is 0 Å². The first-order valence-electron chi connectivity index (χ1n) is 8.76. The minimum absolute atomic E-state index is 0.0125. The highest BCUT2D eigenvalue weighted by atomic mass is 16.2. The molecule has 0 bridgehead atoms. The third kappa shape index (κ3) is 3.35. The summed E-state index contributed by atoms with van der Waals surface area (Å²) >= 11 is 0. The van der Waals surface area contributed by atoms with Crippen LogP contribution in [-0.2, 0) is 4.79 Å². The number of nitrogens with one attached hydrogen (secondary N) is 2.